The summed E-state index contributed by atoms with van der Waals surface area (Å²) in [5.74, 6) is 0. The third-order valence-corrected chi connectivity index (χ3v) is 5.21. The second-order valence-electron chi connectivity index (χ2n) is 6.26. The van der Waals surface area contributed by atoms with Crippen LogP contribution in [0.3, 0.4) is 0 Å². The minimum absolute atomic E-state index is 0.0595. The molecule has 1 N–H and O–H groups in total. The van der Waals surface area contributed by atoms with Gasteiger partial charge in [0.25, 0.3) is 5.56 Å². The molecule has 0 aliphatic heterocycles. The highest BCUT2D eigenvalue weighted by Crippen LogP contribution is 2.24. The zero-order chi connectivity index (χ0) is 19.5. The molecule has 7 heteroatoms. The van der Waals surface area contributed by atoms with Gasteiger partial charge in [-0.15, -0.1) is 11.3 Å². The third-order valence-electron chi connectivity index (χ3n) is 4.47. The Labute approximate surface area is 166 Å². The first-order chi connectivity index (χ1) is 13.6. The van der Waals surface area contributed by atoms with E-state index in [9.17, 15) is 4.79 Å². The fraction of sp³-hybridized carbons (Fsp3) is 0.0952. The molecule has 0 saturated carbocycles. The first-order valence-electron chi connectivity index (χ1n) is 8.79. The lowest BCUT2D eigenvalue weighted by molar-refractivity contribution is 0.643. The minimum atomic E-state index is -0.0595. The molecule has 2 heterocycles. The van der Waals surface area contributed by atoms with Crippen LogP contribution in [0, 0.1) is 6.92 Å². The number of hydrogen-bond acceptors (Lipinski definition) is 5. The van der Waals surface area contributed by atoms with E-state index in [1.165, 1.54) is 11.3 Å². The van der Waals surface area contributed by atoms with Gasteiger partial charge in [-0.1, -0.05) is 48.5 Å². The van der Waals surface area contributed by atoms with E-state index in [2.05, 4.69) is 15.5 Å². The molecule has 2 aromatic carbocycles. The van der Waals surface area contributed by atoms with E-state index < -0.39 is 0 Å². The summed E-state index contributed by atoms with van der Waals surface area (Å²) in [5, 5.41) is 6.97. The number of hydrazone groups is 1. The molecule has 0 bridgehead atoms. The van der Waals surface area contributed by atoms with Crippen molar-refractivity contribution < 1.29 is 0 Å². The van der Waals surface area contributed by atoms with E-state index in [0.717, 1.165) is 22.6 Å². The first-order valence-corrected chi connectivity index (χ1v) is 9.67. The van der Waals surface area contributed by atoms with Crippen LogP contribution in [0.2, 0.25) is 0 Å². The van der Waals surface area contributed by atoms with Gasteiger partial charge < -0.3 is 0 Å². The average molecular weight is 389 g/mol. The predicted molar refractivity (Wildman–Crippen MR) is 115 cm³/mol. The SMILES string of the molecule is Cc1c(/C=N\Nc2nc(-c3ccccc3)cs2)n(C)n(-c2ccccc2)c1=O. The molecule has 0 fully saturated rings. The number of rotatable bonds is 5. The van der Waals surface area contributed by atoms with Crippen molar-refractivity contribution in [3.05, 3.63) is 87.7 Å². The van der Waals surface area contributed by atoms with Gasteiger partial charge in [-0.25, -0.2) is 9.67 Å². The highest BCUT2D eigenvalue weighted by Gasteiger charge is 2.14. The molecule has 0 spiro atoms. The average Bonchev–Trinajstić information content (AvgIpc) is 3.28. The minimum Gasteiger partial charge on any atom is -0.279 e. The molecule has 0 saturated heterocycles. The number of anilines is 1. The molecule has 4 aromatic rings. The summed E-state index contributed by atoms with van der Waals surface area (Å²) in [6.07, 6.45) is 1.65. The second kappa shape index (κ2) is 7.66. The molecule has 2 aromatic heterocycles. The number of benzene rings is 2. The summed E-state index contributed by atoms with van der Waals surface area (Å²) in [6.45, 7) is 1.81. The smallest absolute Gasteiger partial charge is 0.274 e. The molecule has 28 heavy (non-hydrogen) atoms. The summed E-state index contributed by atoms with van der Waals surface area (Å²) in [4.78, 5) is 17.2. The zero-order valence-corrected chi connectivity index (χ0v) is 16.4. The molecule has 0 unspecified atom stereocenters. The maximum Gasteiger partial charge on any atom is 0.274 e. The zero-order valence-electron chi connectivity index (χ0n) is 15.5. The summed E-state index contributed by atoms with van der Waals surface area (Å²) < 4.78 is 3.43. The highest BCUT2D eigenvalue weighted by atomic mass is 32.1. The van der Waals surface area contributed by atoms with Crippen LogP contribution in [-0.4, -0.2) is 20.6 Å². The lowest BCUT2D eigenvalue weighted by Gasteiger charge is -2.07. The lowest BCUT2D eigenvalue weighted by atomic mass is 10.2. The van der Waals surface area contributed by atoms with Crippen LogP contribution < -0.4 is 11.0 Å². The third kappa shape index (κ3) is 3.39. The second-order valence-corrected chi connectivity index (χ2v) is 7.12. The number of para-hydroxylation sites is 1. The van der Waals surface area contributed by atoms with Crippen molar-refractivity contribution in [2.75, 3.05) is 5.43 Å². The lowest BCUT2D eigenvalue weighted by Crippen LogP contribution is -2.20. The molecular formula is C21H19N5OS. The Hall–Kier alpha value is -3.45. The fourth-order valence-corrected chi connectivity index (χ4v) is 3.68. The van der Waals surface area contributed by atoms with Crippen LogP contribution in [0.4, 0.5) is 5.13 Å². The van der Waals surface area contributed by atoms with Gasteiger partial charge in [0.1, 0.15) is 0 Å². The predicted octanol–water partition coefficient (Wildman–Crippen LogP) is 4.05. The van der Waals surface area contributed by atoms with Crippen molar-refractivity contribution in [1.82, 2.24) is 14.3 Å². The fourth-order valence-electron chi connectivity index (χ4n) is 3.01. The summed E-state index contributed by atoms with van der Waals surface area (Å²) in [7, 11) is 1.85. The number of nitrogens with zero attached hydrogens (tertiary/aromatic N) is 4. The van der Waals surface area contributed by atoms with Crippen LogP contribution >= 0.6 is 11.3 Å². The molecule has 0 amide bonds. The molecule has 0 aliphatic rings. The number of thiazole rings is 1. The van der Waals surface area contributed by atoms with Gasteiger partial charge in [-0.2, -0.15) is 5.10 Å². The van der Waals surface area contributed by atoms with Crippen molar-refractivity contribution >= 4 is 22.7 Å². The van der Waals surface area contributed by atoms with E-state index in [1.54, 1.807) is 22.5 Å². The maximum atomic E-state index is 12.7. The molecule has 4 rings (SSSR count). The van der Waals surface area contributed by atoms with E-state index in [4.69, 9.17) is 0 Å². The van der Waals surface area contributed by atoms with Crippen LogP contribution in [0.25, 0.3) is 16.9 Å². The normalized spacial score (nSPS) is 11.2. The van der Waals surface area contributed by atoms with Crippen molar-refractivity contribution in [2.24, 2.45) is 12.1 Å². The van der Waals surface area contributed by atoms with Crippen molar-refractivity contribution in [3.8, 4) is 16.9 Å². The van der Waals surface area contributed by atoms with Gasteiger partial charge in [0, 0.05) is 23.6 Å². The number of hydrogen-bond donors (Lipinski definition) is 1. The largest absolute Gasteiger partial charge is 0.279 e. The Bertz CT molecular complexity index is 1170. The van der Waals surface area contributed by atoms with Crippen LogP contribution in [-0.2, 0) is 7.05 Å². The first kappa shape index (κ1) is 17.9. The summed E-state index contributed by atoms with van der Waals surface area (Å²) >= 11 is 1.48. The van der Waals surface area contributed by atoms with Crippen molar-refractivity contribution in [3.63, 3.8) is 0 Å². The summed E-state index contributed by atoms with van der Waals surface area (Å²) in [6, 6.07) is 19.5. The van der Waals surface area contributed by atoms with E-state index in [1.807, 2.05) is 73.1 Å². The van der Waals surface area contributed by atoms with Gasteiger partial charge >= 0.3 is 0 Å². The van der Waals surface area contributed by atoms with Crippen LogP contribution in [0.5, 0.6) is 0 Å². The molecule has 6 nitrogen and oxygen atoms in total. The van der Waals surface area contributed by atoms with Gasteiger partial charge in [-0.05, 0) is 19.1 Å². The Morgan fingerprint density at radius 3 is 2.46 bits per heavy atom. The Morgan fingerprint density at radius 1 is 1.07 bits per heavy atom. The monoisotopic (exact) mass is 389 g/mol. The Morgan fingerprint density at radius 2 is 1.75 bits per heavy atom. The van der Waals surface area contributed by atoms with Crippen molar-refractivity contribution in [1.29, 1.82) is 0 Å². The van der Waals surface area contributed by atoms with Gasteiger partial charge in [0.05, 0.1) is 23.3 Å². The van der Waals surface area contributed by atoms with Gasteiger partial charge in [-0.3, -0.25) is 14.9 Å². The van der Waals surface area contributed by atoms with E-state index >= 15 is 0 Å². The van der Waals surface area contributed by atoms with Crippen LogP contribution in [0.15, 0.2) is 75.9 Å². The van der Waals surface area contributed by atoms with Crippen molar-refractivity contribution in [2.45, 2.75) is 6.92 Å². The molecule has 0 aliphatic carbocycles. The van der Waals surface area contributed by atoms with E-state index in [0.29, 0.717) is 10.7 Å². The molecule has 0 atom stereocenters. The number of nitrogens with one attached hydrogen (secondary N) is 1. The maximum absolute atomic E-state index is 12.7. The molecule has 140 valence electrons. The van der Waals surface area contributed by atoms with Gasteiger partial charge in [0.15, 0.2) is 0 Å². The Balaban J connectivity index is 1.56. The van der Waals surface area contributed by atoms with Crippen LogP contribution in [0.1, 0.15) is 11.3 Å². The van der Waals surface area contributed by atoms with E-state index in [-0.39, 0.29) is 5.56 Å². The van der Waals surface area contributed by atoms with Gasteiger partial charge in [0.2, 0.25) is 5.13 Å². The standard InChI is InChI=1S/C21H19N5OS/c1-15-19(25(2)26(20(15)27)17-11-7-4-8-12-17)13-22-24-21-23-18(14-28-21)16-9-5-3-6-10-16/h3-14H,1-2H3,(H,23,24)/b22-13-. The molecule has 0 radical (unpaired) electrons. The molecular weight excluding hydrogens is 370 g/mol. The summed E-state index contributed by atoms with van der Waals surface area (Å²) in [5.41, 5.74) is 7.06. The number of aromatic nitrogens is 3. The quantitative estimate of drug-likeness (QED) is 0.414. The Kier molecular flexibility index (Phi) is 4.90. The topological polar surface area (TPSA) is 64.2 Å². The highest BCUT2D eigenvalue weighted by molar-refractivity contribution is 7.14.